The van der Waals surface area contributed by atoms with E-state index in [4.69, 9.17) is 5.26 Å². The summed E-state index contributed by atoms with van der Waals surface area (Å²) < 4.78 is 14.3. The summed E-state index contributed by atoms with van der Waals surface area (Å²) in [5.41, 5.74) is 1.47. The van der Waals surface area contributed by atoms with Crippen molar-refractivity contribution >= 4 is 0 Å². The molecule has 0 spiro atoms. The molecule has 74 valence electrons. The van der Waals surface area contributed by atoms with Gasteiger partial charge < -0.3 is 0 Å². The van der Waals surface area contributed by atoms with Gasteiger partial charge in [0.05, 0.1) is 18.3 Å². The van der Waals surface area contributed by atoms with Crippen LogP contribution in [0.3, 0.4) is 0 Å². The summed E-state index contributed by atoms with van der Waals surface area (Å²) in [6, 6.07) is 8.21. The minimum Gasteiger partial charge on any atom is -0.267 e. The van der Waals surface area contributed by atoms with E-state index in [1.165, 1.54) is 18.3 Å². The highest BCUT2D eigenvalue weighted by molar-refractivity contribution is 5.23. The van der Waals surface area contributed by atoms with Gasteiger partial charge >= 0.3 is 0 Å². The summed E-state index contributed by atoms with van der Waals surface area (Å²) in [7, 11) is 0. The first kappa shape index (κ1) is 9.41. The number of benzene rings is 1. The zero-order valence-electron chi connectivity index (χ0n) is 7.89. The number of nitriles is 1. The fourth-order valence-electron chi connectivity index (χ4n) is 1.28. The van der Waals surface area contributed by atoms with Crippen molar-refractivity contribution < 1.29 is 4.39 Å². The van der Waals surface area contributed by atoms with Crippen LogP contribution < -0.4 is 0 Å². The Kier molecular flexibility index (Phi) is 2.46. The van der Waals surface area contributed by atoms with E-state index in [0.717, 1.165) is 5.56 Å². The van der Waals surface area contributed by atoms with Crippen LogP contribution in [0.2, 0.25) is 0 Å². The Labute approximate surface area is 86.4 Å². The van der Waals surface area contributed by atoms with Crippen molar-refractivity contribution in [1.82, 2.24) is 9.78 Å². The van der Waals surface area contributed by atoms with Crippen LogP contribution in [0.25, 0.3) is 0 Å². The molecule has 3 nitrogen and oxygen atoms in total. The summed E-state index contributed by atoms with van der Waals surface area (Å²) in [5.74, 6) is -0.253. The Hall–Kier alpha value is -2.15. The highest BCUT2D eigenvalue weighted by Gasteiger charge is 1.98. The van der Waals surface area contributed by atoms with Gasteiger partial charge in [-0.05, 0) is 17.7 Å². The van der Waals surface area contributed by atoms with Crippen LogP contribution in [-0.2, 0) is 6.54 Å². The highest BCUT2D eigenvalue weighted by Crippen LogP contribution is 2.05. The number of nitrogens with zero attached hydrogens (tertiary/aromatic N) is 3. The molecule has 0 unspecified atom stereocenters. The molecule has 0 aliphatic rings. The van der Waals surface area contributed by atoms with Gasteiger partial charge in [-0.3, -0.25) is 4.68 Å². The molecule has 1 aromatic heterocycles. The maximum Gasteiger partial charge on any atom is 0.123 e. The molecule has 15 heavy (non-hydrogen) atoms. The fraction of sp³-hybridized carbons (Fsp3) is 0.0909. The van der Waals surface area contributed by atoms with Crippen molar-refractivity contribution in [3.8, 4) is 6.07 Å². The molecule has 4 heteroatoms. The van der Waals surface area contributed by atoms with Gasteiger partial charge in [-0.15, -0.1) is 0 Å². The zero-order valence-corrected chi connectivity index (χ0v) is 7.89. The second-order valence-electron chi connectivity index (χ2n) is 3.16. The number of hydrogen-bond acceptors (Lipinski definition) is 2. The summed E-state index contributed by atoms with van der Waals surface area (Å²) >= 11 is 0. The first-order valence-electron chi connectivity index (χ1n) is 4.45. The molecule has 0 saturated carbocycles. The molecule has 1 aromatic carbocycles. The Morgan fingerprint density at radius 3 is 2.67 bits per heavy atom. The molecular formula is C11H8FN3. The molecule has 0 atom stereocenters. The van der Waals surface area contributed by atoms with Crippen molar-refractivity contribution in [2.75, 3.05) is 0 Å². The third-order valence-corrected chi connectivity index (χ3v) is 2.02. The van der Waals surface area contributed by atoms with Crippen LogP contribution >= 0.6 is 0 Å². The minimum absolute atomic E-state index is 0.253. The van der Waals surface area contributed by atoms with Gasteiger partial charge in [0.25, 0.3) is 0 Å². The first-order valence-corrected chi connectivity index (χ1v) is 4.45. The lowest BCUT2D eigenvalue weighted by molar-refractivity contribution is 0.624. The van der Waals surface area contributed by atoms with Crippen molar-refractivity contribution in [2.45, 2.75) is 6.54 Å². The first-order chi connectivity index (χ1) is 7.28. The van der Waals surface area contributed by atoms with Gasteiger partial charge in [0, 0.05) is 6.20 Å². The number of hydrogen-bond donors (Lipinski definition) is 0. The molecule has 2 rings (SSSR count). The summed E-state index contributed by atoms with van der Waals surface area (Å²) in [6.45, 7) is 0.544. The van der Waals surface area contributed by atoms with Crippen molar-refractivity contribution in [1.29, 1.82) is 5.26 Å². The molecule has 0 aliphatic carbocycles. The maximum absolute atomic E-state index is 12.6. The quantitative estimate of drug-likeness (QED) is 0.745. The molecule has 0 fully saturated rings. The molecule has 1 heterocycles. The number of halogens is 1. The average Bonchev–Trinajstić information content (AvgIpc) is 2.69. The Morgan fingerprint density at radius 1 is 1.33 bits per heavy atom. The Balaban J connectivity index is 2.15. The van der Waals surface area contributed by atoms with E-state index in [1.807, 2.05) is 6.07 Å². The molecule has 0 amide bonds. The van der Waals surface area contributed by atoms with Crippen LogP contribution in [-0.4, -0.2) is 9.78 Å². The third-order valence-electron chi connectivity index (χ3n) is 2.02. The van der Waals surface area contributed by atoms with Gasteiger partial charge in [0.2, 0.25) is 0 Å². The second kappa shape index (κ2) is 3.93. The van der Waals surface area contributed by atoms with Gasteiger partial charge in [-0.25, -0.2) is 4.39 Å². The van der Waals surface area contributed by atoms with Gasteiger partial charge in [-0.1, -0.05) is 12.1 Å². The van der Waals surface area contributed by atoms with Gasteiger partial charge in [-0.2, -0.15) is 10.4 Å². The predicted octanol–water partition coefficient (Wildman–Crippen LogP) is 1.94. The van der Waals surface area contributed by atoms with Crippen LogP contribution in [0.4, 0.5) is 4.39 Å². The van der Waals surface area contributed by atoms with E-state index in [0.29, 0.717) is 12.1 Å². The second-order valence-corrected chi connectivity index (χ2v) is 3.16. The lowest BCUT2D eigenvalue weighted by Gasteiger charge is -2.00. The summed E-state index contributed by atoms with van der Waals surface area (Å²) in [4.78, 5) is 0. The van der Waals surface area contributed by atoms with Gasteiger partial charge in [0.15, 0.2) is 0 Å². The van der Waals surface area contributed by atoms with E-state index in [2.05, 4.69) is 5.10 Å². The average molecular weight is 201 g/mol. The van der Waals surface area contributed by atoms with E-state index in [9.17, 15) is 4.39 Å². The summed E-state index contributed by atoms with van der Waals surface area (Å²) in [6.07, 6.45) is 3.16. The SMILES string of the molecule is N#Cc1cnn(Cc2ccc(F)cc2)c1. The molecule has 0 saturated heterocycles. The zero-order chi connectivity index (χ0) is 10.7. The lowest BCUT2D eigenvalue weighted by Crippen LogP contribution is -1.99. The third kappa shape index (κ3) is 2.20. The van der Waals surface area contributed by atoms with Crippen LogP contribution in [0, 0.1) is 17.1 Å². The fourth-order valence-corrected chi connectivity index (χ4v) is 1.28. The largest absolute Gasteiger partial charge is 0.267 e. The van der Waals surface area contributed by atoms with Crippen LogP contribution in [0.1, 0.15) is 11.1 Å². The van der Waals surface area contributed by atoms with E-state index < -0.39 is 0 Å². The lowest BCUT2D eigenvalue weighted by atomic mass is 10.2. The number of rotatable bonds is 2. The Bertz CT molecular complexity index is 493. The summed E-state index contributed by atoms with van der Waals surface area (Å²) in [5, 5.41) is 12.6. The van der Waals surface area contributed by atoms with E-state index >= 15 is 0 Å². The van der Waals surface area contributed by atoms with Crippen LogP contribution in [0.5, 0.6) is 0 Å². The van der Waals surface area contributed by atoms with Crippen molar-refractivity contribution in [3.63, 3.8) is 0 Å². The maximum atomic E-state index is 12.6. The standard InChI is InChI=1S/C11H8FN3/c12-11-3-1-9(2-4-11)7-15-8-10(5-13)6-14-15/h1-4,6,8H,7H2. The topological polar surface area (TPSA) is 41.6 Å². The predicted molar refractivity (Wildman–Crippen MR) is 52.4 cm³/mol. The highest BCUT2D eigenvalue weighted by atomic mass is 19.1. The van der Waals surface area contributed by atoms with Crippen molar-refractivity contribution in [2.24, 2.45) is 0 Å². The van der Waals surface area contributed by atoms with Gasteiger partial charge in [0.1, 0.15) is 11.9 Å². The minimum atomic E-state index is -0.253. The molecule has 0 aliphatic heterocycles. The molecule has 2 aromatic rings. The van der Waals surface area contributed by atoms with E-state index in [-0.39, 0.29) is 5.82 Å². The molecule has 0 radical (unpaired) electrons. The van der Waals surface area contributed by atoms with Crippen molar-refractivity contribution in [3.05, 3.63) is 53.6 Å². The number of aromatic nitrogens is 2. The normalized spacial score (nSPS) is 9.87. The molecular weight excluding hydrogens is 193 g/mol. The van der Waals surface area contributed by atoms with E-state index in [1.54, 1.807) is 23.0 Å². The monoisotopic (exact) mass is 201 g/mol. The van der Waals surface area contributed by atoms with Crippen LogP contribution in [0.15, 0.2) is 36.7 Å². The Morgan fingerprint density at radius 2 is 2.07 bits per heavy atom. The molecule has 0 N–H and O–H groups in total. The smallest absolute Gasteiger partial charge is 0.123 e. The molecule has 0 bridgehead atoms.